The lowest BCUT2D eigenvalue weighted by Crippen LogP contribution is -2.53. The van der Waals surface area contributed by atoms with Gasteiger partial charge in [0.15, 0.2) is 5.96 Å². The molecular formula is C16H29IN6O2. The fraction of sp³-hybridized carbons (Fsp3) is 0.688. The number of hydrogen-bond donors (Lipinski definition) is 2. The van der Waals surface area contributed by atoms with Crippen molar-refractivity contribution >= 4 is 36.0 Å². The van der Waals surface area contributed by atoms with E-state index in [0.717, 1.165) is 17.0 Å². The van der Waals surface area contributed by atoms with Crippen LogP contribution < -0.4 is 5.73 Å². The van der Waals surface area contributed by atoms with Gasteiger partial charge < -0.3 is 20.3 Å². The fourth-order valence-corrected chi connectivity index (χ4v) is 2.51. The van der Waals surface area contributed by atoms with Crippen molar-refractivity contribution < 1.29 is 9.53 Å². The van der Waals surface area contributed by atoms with Crippen molar-refractivity contribution in [2.75, 3.05) is 26.2 Å². The highest BCUT2D eigenvalue weighted by atomic mass is 127. The Hall–Kier alpha value is -1.52. The van der Waals surface area contributed by atoms with E-state index in [2.05, 4.69) is 15.2 Å². The molecule has 2 rings (SSSR count). The number of nitrogens with two attached hydrogens (primary N) is 1. The van der Waals surface area contributed by atoms with E-state index in [0.29, 0.717) is 38.7 Å². The first-order valence-electron chi connectivity index (χ1n) is 8.20. The summed E-state index contributed by atoms with van der Waals surface area (Å²) in [6, 6.07) is 0. The Kier molecular flexibility index (Phi) is 7.51. The second-order valence-electron chi connectivity index (χ2n) is 7.04. The number of aromatic nitrogens is 2. The Bertz CT molecular complexity index is 595. The third-order valence-corrected chi connectivity index (χ3v) is 3.94. The minimum atomic E-state index is -0.477. The van der Waals surface area contributed by atoms with Crippen molar-refractivity contribution in [3.05, 3.63) is 17.0 Å². The van der Waals surface area contributed by atoms with Crippen LogP contribution in [-0.2, 0) is 11.3 Å². The number of aryl methyl sites for hydroxylation is 2. The predicted molar refractivity (Wildman–Crippen MR) is 108 cm³/mol. The van der Waals surface area contributed by atoms with Crippen LogP contribution >= 0.6 is 24.0 Å². The monoisotopic (exact) mass is 464 g/mol. The molecule has 1 saturated heterocycles. The smallest absolute Gasteiger partial charge is 0.410 e. The summed E-state index contributed by atoms with van der Waals surface area (Å²) in [7, 11) is 0. The van der Waals surface area contributed by atoms with E-state index >= 15 is 0 Å². The highest BCUT2D eigenvalue weighted by Gasteiger charge is 2.26. The standard InChI is InChI=1S/C16H28N6O2.HI/c1-11-13(12(2)20-19-11)10-18-14(17)21-6-8-22(9-7-21)15(23)24-16(3,4)5;/h6-10H2,1-5H3,(H2,17,18)(H,19,20);1H. The van der Waals surface area contributed by atoms with Crippen molar-refractivity contribution in [3.63, 3.8) is 0 Å². The average molecular weight is 464 g/mol. The molecule has 0 radical (unpaired) electrons. The summed E-state index contributed by atoms with van der Waals surface area (Å²) in [6.45, 7) is 12.5. The maximum absolute atomic E-state index is 12.1. The van der Waals surface area contributed by atoms with Crippen molar-refractivity contribution in [2.45, 2.75) is 46.8 Å². The van der Waals surface area contributed by atoms with Gasteiger partial charge in [0, 0.05) is 37.4 Å². The number of ether oxygens (including phenoxy) is 1. The zero-order chi connectivity index (χ0) is 17.9. The van der Waals surface area contributed by atoms with E-state index in [1.54, 1.807) is 4.90 Å². The number of carbonyl (C=O) groups excluding carboxylic acids is 1. The van der Waals surface area contributed by atoms with Crippen LogP contribution in [0.1, 0.15) is 37.7 Å². The van der Waals surface area contributed by atoms with Crippen LogP contribution in [0.25, 0.3) is 0 Å². The van der Waals surface area contributed by atoms with Crippen LogP contribution in [0.5, 0.6) is 0 Å². The summed E-state index contributed by atoms with van der Waals surface area (Å²) >= 11 is 0. The lowest BCUT2D eigenvalue weighted by atomic mass is 10.2. The number of carbonyl (C=O) groups is 1. The van der Waals surface area contributed by atoms with Gasteiger partial charge in [-0.25, -0.2) is 9.79 Å². The lowest BCUT2D eigenvalue weighted by molar-refractivity contribution is 0.0186. The maximum Gasteiger partial charge on any atom is 0.410 e. The number of aliphatic imine (C=N–C) groups is 1. The number of aromatic amines is 1. The van der Waals surface area contributed by atoms with Crippen LogP contribution in [-0.4, -0.2) is 63.8 Å². The summed E-state index contributed by atoms with van der Waals surface area (Å²) < 4.78 is 5.39. The van der Waals surface area contributed by atoms with Crippen LogP contribution in [0.2, 0.25) is 0 Å². The molecule has 0 atom stereocenters. The molecule has 0 aromatic carbocycles. The molecule has 0 aliphatic carbocycles. The van der Waals surface area contributed by atoms with E-state index in [1.165, 1.54) is 0 Å². The molecule has 1 fully saturated rings. The highest BCUT2D eigenvalue weighted by molar-refractivity contribution is 14.0. The SMILES string of the molecule is Cc1n[nH]c(C)c1CN=C(N)N1CCN(C(=O)OC(C)(C)C)CC1.I. The van der Waals surface area contributed by atoms with Gasteiger partial charge in [0.1, 0.15) is 5.60 Å². The molecular weight excluding hydrogens is 435 g/mol. The normalized spacial score (nSPS) is 15.8. The Morgan fingerprint density at radius 1 is 1.24 bits per heavy atom. The number of nitrogens with zero attached hydrogens (tertiary/aromatic N) is 4. The van der Waals surface area contributed by atoms with Crippen molar-refractivity contribution in [1.29, 1.82) is 0 Å². The predicted octanol–water partition coefficient (Wildman–Crippen LogP) is 2.01. The van der Waals surface area contributed by atoms with Gasteiger partial charge in [0.05, 0.1) is 12.2 Å². The van der Waals surface area contributed by atoms with Crippen molar-refractivity contribution in [2.24, 2.45) is 10.7 Å². The summed E-state index contributed by atoms with van der Waals surface area (Å²) in [6.07, 6.45) is -0.276. The van der Waals surface area contributed by atoms with E-state index < -0.39 is 5.60 Å². The van der Waals surface area contributed by atoms with Crippen LogP contribution in [0, 0.1) is 13.8 Å². The third-order valence-electron chi connectivity index (χ3n) is 3.94. The first kappa shape index (κ1) is 21.5. The van der Waals surface area contributed by atoms with Gasteiger partial charge >= 0.3 is 6.09 Å². The Morgan fingerprint density at radius 3 is 2.28 bits per heavy atom. The van der Waals surface area contributed by atoms with Crippen LogP contribution in [0.3, 0.4) is 0 Å². The van der Waals surface area contributed by atoms with Crippen LogP contribution in [0.15, 0.2) is 4.99 Å². The van der Waals surface area contributed by atoms with Gasteiger partial charge in [-0.05, 0) is 34.6 Å². The van der Waals surface area contributed by atoms with Gasteiger partial charge in [-0.3, -0.25) is 5.10 Å². The van der Waals surface area contributed by atoms with E-state index in [9.17, 15) is 4.79 Å². The molecule has 1 aromatic rings. The molecule has 0 unspecified atom stereocenters. The van der Waals surface area contributed by atoms with E-state index in [-0.39, 0.29) is 30.1 Å². The number of H-pyrrole nitrogens is 1. The minimum absolute atomic E-state index is 0. The number of hydrogen-bond acceptors (Lipinski definition) is 4. The summed E-state index contributed by atoms with van der Waals surface area (Å²) in [5, 5.41) is 7.10. The second kappa shape index (κ2) is 8.72. The second-order valence-corrected chi connectivity index (χ2v) is 7.04. The Balaban J connectivity index is 0.00000312. The number of halogens is 1. The van der Waals surface area contributed by atoms with Gasteiger partial charge in [-0.15, -0.1) is 24.0 Å². The summed E-state index contributed by atoms with van der Waals surface area (Å²) in [5.41, 5.74) is 8.65. The zero-order valence-corrected chi connectivity index (χ0v) is 18.0. The highest BCUT2D eigenvalue weighted by Crippen LogP contribution is 2.13. The molecule has 9 heteroatoms. The fourth-order valence-electron chi connectivity index (χ4n) is 2.51. The topological polar surface area (TPSA) is 99.8 Å². The molecule has 25 heavy (non-hydrogen) atoms. The quantitative estimate of drug-likeness (QED) is 0.396. The van der Waals surface area contributed by atoms with Gasteiger partial charge in [-0.1, -0.05) is 0 Å². The van der Waals surface area contributed by atoms with Gasteiger partial charge in [0.25, 0.3) is 0 Å². The van der Waals surface area contributed by atoms with Gasteiger partial charge in [0.2, 0.25) is 0 Å². The molecule has 2 heterocycles. The van der Waals surface area contributed by atoms with Gasteiger partial charge in [-0.2, -0.15) is 5.10 Å². The summed E-state index contributed by atoms with van der Waals surface area (Å²) in [5.74, 6) is 0.499. The third kappa shape index (κ3) is 6.05. The Morgan fingerprint density at radius 2 is 1.80 bits per heavy atom. The number of rotatable bonds is 2. The van der Waals surface area contributed by atoms with Crippen molar-refractivity contribution in [3.8, 4) is 0 Å². The number of amides is 1. The zero-order valence-electron chi connectivity index (χ0n) is 15.6. The molecule has 1 aliphatic rings. The van der Waals surface area contributed by atoms with E-state index in [4.69, 9.17) is 10.5 Å². The maximum atomic E-state index is 12.1. The first-order chi connectivity index (χ1) is 11.2. The largest absolute Gasteiger partial charge is 0.444 e. The van der Waals surface area contributed by atoms with Crippen LogP contribution in [0.4, 0.5) is 4.79 Å². The molecule has 3 N–H and O–H groups in total. The molecule has 0 spiro atoms. The minimum Gasteiger partial charge on any atom is -0.444 e. The molecule has 8 nitrogen and oxygen atoms in total. The summed E-state index contributed by atoms with van der Waals surface area (Å²) in [4.78, 5) is 20.2. The lowest BCUT2D eigenvalue weighted by Gasteiger charge is -2.36. The van der Waals surface area contributed by atoms with Crippen molar-refractivity contribution in [1.82, 2.24) is 20.0 Å². The number of nitrogens with one attached hydrogen (secondary N) is 1. The number of guanidine groups is 1. The average Bonchev–Trinajstić information content (AvgIpc) is 2.82. The Labute approximate surface area is 166 Å². The molecule has 1 amide bonds. The van der Waals surface area contributed by atoms with E-state index in [1.807, 2.05) is 39.5 Å². The molecule has 1 aromatic heterocycles. The molecule has 0 bridgehead atoms. The first-order valence-corrected chi connectivity index (χ1v) is 8.20. The molecule has 1 aliphatic heterocycles. The molecule has 142 valence electrons. The molecule has 0 saturated carbocycles. The number of piperazine rings is 1.